The number of sulfonamides is 1. The van der Waals surface area contributed by atoms with Crippen LogP contribution in [0.5, 0.6) is 5.75 Å². The summed E-state index contributed by atoms with van der Waals surface area (Å²) in [6.07, 6.45) is 0. The second-order valence-electron chi connectivity index (χ2n) is 4.96. The molecule has 2 N–H and O–H groups in total. The topological polar surface area (TPSA) is 110 Å². The molecule has 0 aliphatic heterocycles. The van der Waals surface area contributed by atoms with Gasteiger partial charge in [0.15, 0.2) is 5.75 Å². The molecule has 0 heterocycles. The number of aromatic hydroxyl groups is 1. The van der Waals surface area contributed by atoms with E-state index in [1.807, 2.05) is 0 Å². The summed E-state index contributed by atoms with van der Waals surface area (Å²) in [4.78, 5) is 9.83. The van der Waals surface area contributed by atoms with E-state index < -0.39 is 14.9 Å². The van der Waals surface area contributed by atoms with Gasteiger partial charge in [-0.3, -0.25) is 14.8 Å². The number of anilines is 1. The molecule has 2 rings (SSSR count). The van der Waals surface area contributed by atoms with Gasteiger partial charge < -0.3 is 5.11 Å². The molecule has 128 valence electrons. The highest BCUT2D eigenvalue weighted by atomic mass is 35.5. The quantitative estimate of drug-likeness (QED) is 0.465. The number of halogens is 2. The minimum Gasteiger partial charge on any atom is -0.505 e. The van der Waals surface area contributed by atoms with Crippen LogP contribution in [0.3, 0.4) is 0 Å². The molecule has 0 aromatic heterocycles. The number of hydrogen-bond acceptors (Lipinski definition) is 5. The average Bonchev–Trinajstić information content (AvgIpc) is 2.55. The maximum Gasteiger partial charge on any atom is 0.270 e. The third kappa shape index (κ3) is 3.26. The molecular formula is C14H12Cl2N2O5S. The molecule has 2 aromatic rings. The van der Waals surface area contributed by atoms with Crippen LogP contribution >= 0.6 is 23.2 Å². The third-order valence-electron chi connectivity index (χ3n) is 3.40. The van der Waals surface area contributed by atoms with Crippen LogP contribution in [0, 0.1) is 24.0 Å². The first-order chi connectivity index (χ1) is 11.1. The molecule has 0 bridgehead atoms. The third-order valence-corrected chi connectivity index (χ3v) is 5.67. The monoisotopic (exact) mass is 390 g/mol. The Kier molecular flexibility index (Phi) is 4.93. The second kappa shape index (κ2) is 6.46. The lowest BCUT2D eigenvalue weighted by molar-refractivity contribution is -0.385. The van der Waals surface area contributed by atoms with Gasteiger partial charge in [0, 0.05) is 12.1 Å². The van der Waals surface area contributed by atoms with Crippen molar-refractivity contribution in [1.82, 2.24) is 0 Å². The van der Waals surface area contributed by atoms with Gasteiger partial charge in [-0.1, -0.05) is 29.3 Å². The molecule has 10 heteroatoms. The van der Waals surface area contributed by atoms with Crippen LogP contribution in [-0.2, 0) is 10.0 Å². The van der Waals surface area contributed by atoms with Gasteiger partial charge in [0.05, 0.1) is 25.6 Å². The van der Waals surface area contributed by atoms with E-state index in [2.05, 4.69) is 4.72 Å². The van der Waals surface area contributed by atoms with Gasteiger partial charge in [-0.2, -0.15) is 0 Å². The van der Waals surface area contributed by atoms with Crippen LogP contribution < -0.4 is 4.72 Å². The lowest BCUT2D eigenvalue weighted by atomic mass is 10.1. The Morgan fingerprint density at radius 3 is 2.21 bits per heavy atom. The molecule has 0 saturated heterocycles. The number of phenolic OH excluding ortho intramolecular Hbond substituents is 1. The van der Waals surface area contributed by atoms with Crippen molar-refractivity contribution >= 4 is 44.6 Å². The average molecular weight is 391 g/mol. The largest absolute Gasteiger partial charge is 0.505 e. The van der Waals surface area contributed by atoms with E-state index in [-0.39, 0.29) is 43.2 Å². The summed E-state index contributed by atoms with van der Waals surface area (Å²) in [5.41, 5.74) is 0.317. The highest BCUT2D eigenvalue weighted by Crippen LogP contribution is 2.42. The molecule has 0 unspecified atom stereocenters. The fraction of sp³-hybridized carbons (Fsp3) is 0.143. The lowest BCUT2D eigenvalue weighted by Gasteiger charge is -2.17. The van der Waals surface area contributed by atoms with Crippen molar-refractivity contribution in [2.45, 2.75) is 18.7 Å². The number of nitro groups is 1. The van der Waals surface area contributed by atoms with Gasteiger partial charge in [-0.25, -0.2) is 8.42 Å². The van der Waals surface area contributed by atoms with Crippen molar-refractivity contribution in [3.05, 3.63) is 55.6 Å². The fourth-order valence-corrected chi connectivity index (χ4v) is 3.72. The van der Waals surface area contributed by atoms with Gasteiger partial charge in [0.25, 0.3) is 15.7 Å². The van der Waals surface area contributed by atoms with Crippen LogP contribution in [0.1, 0.15) is 11.1 Å². The van der Waals surface area contributed by atoms with Crippen molar-refractivity contribution in [2.24, 2.45) is 0 Å². The van der Waals surface area contributed by atoms with Crippen LogP contribution in [0.4, 0.5) is 11.4 Å². The first-order valence-electron chi connectivity index (χ1n) is 6.50. The van der Waals surface area contributed by atoms with E-state index in [0.29, 0.717) is 0 Å². The van der Waals surface area contributed by atoms with Crippen molar-refractivity contribution in [3.8, 4) is 5.75 Å². The zero-order valence-electron chi connectivity index (χ0n) is 12.5. The highest BCUT2D eigenvalue weighted by Gasteiger charge is 2.23. The second-order valence-corrected chi connectivity index (χ2v) is 7.40. The van der Waals surface area contributed by atoms with Crippen LogP contribution in [0.2, 0.25) is 10.0 Å². The maximum absolute atomic E-state index is 12.5. The van der Waals surface area contributed by atoms with Crippen LogP contribution in [0.25, 0.3) is 0 Å². The summed E-state index contributed by atoms with van der Waals surface area (Å²) in [5, 5.41) is 20.4. The molecule has 2 aromatic carbocycles. The predicted octanol–water partition coefficient (Wildman–Crippen LogP) is 4.02. The van der Waals surface area contributed by atoms with E-state index in [1.54, 1.807) is 0 Å². The number of hydrogen-bond donors (Lipinski definition) is 2. The van der Waals surface area contributed by atoms with E-state index in [0.717, 1.165) is 6.07 Å². The van der Waals surface area contributed by atoms with Gasteiger partial charge in [-0.15, -0.1) is 0 Å². The number of rotatable bonds is 4. The molecule has 24 heavy (non-hydrogen) atoms. The molecule has 0 aliphatic carbocycles. The van der Waals surface area contributed by atoms with Crippen molar-refractivity contribution < 1.29 is 18.4 Å². The number of nitro benzene ring substituents is 1. The number of nitrogens with zero attached hydrogens (tertiary/aromatic N) is 1. The lowest BCUT2D eigenvalue weighted by Crippen LogP contribution is -2.15. The highest BCUT2D eigenvalue weighted by molar-refractivity contribution is 7.92. The smallest absolute Gasteiger partial charge is 0.270 e. The van der Waals surface area contributed by atoms with Gasteiger partial charge >= 0.3 is 0 Å². The fourth-order valence-electron chi connectivity index (χ4n) is 2.06. The minimum absolute atomic E-state index is 0.0812. The van der Waals surface area contributed by atoms with E-state index in [1.165, 1.54) is 32.0 Å². The number of nitrogens with one attached hydrogen (secondary N) is 1. The van der Waals surface area contributed by atoms with E-state index in [4.69, 9.17) is 23.2 Å². The van der Waals surface area contributed by atoms with Crippen molar-refractivity contribution in [2.75, 3.05) is 4.72 Å². The van der Waals surface area contributed by atoms with Gasteiger partial charge in [0.2, 0.25) is 0 Å². The molecule has 0 atom stereocenters. The summed E-state index contributed by atoms with van der Waals surface area (Å²) in [7, 11) is -4.11. The van der Waals surface area contributed by atoms with Crippen molar-refractivity contribution in [3.63, 3.8) is 0 Å². The van der Waals surface area contributed by atoms with E-state index >= 15 is 0 Å². The molecule has 7 nitrogen and oxygen atoms in total. The zero-order chi connectivity index (χ0) is 18.2. The Morgan fingerprint density at radius 1 is 1.17 bits per heavy atom. The number of non-ortho nitro benzene ring substituents is 1. The normalized spacial score (nSPS) is 11.3. The SMILES string of the molecule is Cc1c(Cl)c(O)c(Cl)c(C)c1NS(=O)(=O)c1cccc([N+](=O)[O-])c1. The summed E-state index contributed by atoms with van der Waals surface area (Å²) in [6.45, 7) is 3.02. The molecule has 0 aliphatic rings. The summed E-state index contributed by atoms with van der Waals surface area (Å²) < 4.78 is 27.3. The molecular weight excluding hydrogens is 379 g/mol. The first kappa shape index (κ1) is 18.3. The Labute approximate surface area is 148 Å². The summed E-state index contributed by atoms with van der Waals surface area (Å²) in [5.74, 6) is -0.341. The Balaban J connectivity index is 2.55. The first-order valence-corrected chi connectivity index (χ1v) is 8.74. The van der Waals surface area contributed by atoms with Gasteiger partial charge in [-0.05, 0) is 31.0 Å². The Hall–Kier alpha value is -2.03. The number of phenols is 1. The Morgan fingerprint density at radius 2 is 1.71 bits per heavy atom. The van der Waals surface area contributed by atoms with Crippen LogP contribution in [0.15, 0.2) is 29.2 Å². The molecule has 0 radical (unpaired) electrons. The minimum atomic E-state index is -4.11. The zero-order valence-corrected chi connectivity index (χ0v) is 14.8. The Bertz CT molecular complexity index is 915. The van der Waals surface area contributed by atoms with E-state index in [9.17, 15) is 23.6 Å². The summed E-state index contributed by atoms with van der Waals surface area (Å²) in [6, 6.07) is 4.62. The van der Waals surface area contributed by atoms with Crippen LogP contribution in [-0.4, -0.2) is 18.4 Å². The van der Waals surface area contributed by atoms with Crippen molar-refractivity contribution in [1.29, 1.82) is 0 Å². The molecule has 0 spiro atoms. The molecule has 0 fully saturated rings. The van der Waals surface area contributed by atoms with Gasteiger partial charge in [0.1, 0.15) is 0 Å². The summed E-state index contributed by atoms with van der Waals surface area (Å²) >= 11 is 11.9. The standard InChI is InChI=1S/C14H12Cl2N2O5S/c1-7-11(15)14(19)12(16)8(2)13(7)17-24(22,23)10-5-3-4-9(6-10)18(20)21/h3-6,17,19H,1-2H3. The predicted molar refractivity (Wildman–Crippen MR) is 91.5 cm³/mol. The molecule has 0 amide bonds. The number of benzene rings is 2. The maximum atomic E-state index is 12.5. The molecule has 0 saturated carbocycles.